The molecule has 0 N–H and O–H groups in total. The van der Waals surface area contributed by atoms with Crippen LogP contribution in [0, 0.1) is 0 Å². The van der Waals surface area contributed by atoms with E-state index in [2.05, 4.69) is 4.90 Å². The second-order valence-electron chi connectivity index (χ2n) is 4.06. The van der Waals surface area contributed by atoms with E-state index in [4.69, 9.17) is 0 Å². The van der Waals surface area contributed by atoms with E-state index >= 15 is 0 Å². The van der Waals surface area contributed by atoms with Crippen molar-refractivity contribution in [2.75, 3.05) is 45.2 Å². The zero-order valence-corrected chi connectivity index (χ0v) is 11.3. The summed E-state index contributed by atoms with van der Waals surface area (Å²) in [6.45, 7) is 3.15. The molecule has 0 aromatic rings. The predicted octanol–water partition coefficient (Wildman–Crippen LogP) is -0.383. The van der Waals surface area contributed by atoms with Crippen LogP contribution in [0.1, 0.15) is 6.42 Å². The molecule has 0 aromatic carbocycles. The van der Waals surface area contributed by atoms with E-state index in [0.717, 1.165) is 19.3 Å². The molecule has 1 amide bonds. The number of carbonyl (C=O) groups is 1. The van der Waals surface area contributed by atoms with Gasteiger partial charge >= 0.3 is 0 Å². The first-order chi connectivity index (χ1) is 6.88. The molecule has 1 fully saturated rings. The maximum absolute atomic E-state index is 11.6. The molecule has 0 saturated carbocycles. The minimum Gasteiger partial charge on any atom is -0.340 e. The number of carbonyl (C=O) groups excluding carboxylic acids is 1. The molecule has 0 aliphatic carbocycles. The first-order valence-electron chi connectivity index (χ1n) is 5.02. The Bertz CT molecular complexity index is 324. The Morgan fingerprint density at radius 2 is 1.69 bits per heavy atom. The van der Waals surface area contributed by atoms with Crippen molar-refractivity contribution in [2.45, 2.75) is 6.42 Å². The molecule has 1 rings (SSSR count). The number of hydrogen-bond donors (Lipinski definition) is 0. The van der Waals surface area contributed by atoms with Crippen molar-refractivity contribution < 1.29 is 13.2 Å². The lowest BCUT2D eigenvalue weighted by molar-refractivity contribution is -0.132. The lowest BCUT2D eigenvalue weighted by atomic mass is 10.3. The monoisotopic (exact) mass is 270 g/mol. The smallest absolute Gasteiger partial charge is 0.223 e. The zero-order valence-electron chi connectivity index (χ0n) is 9.68. The lowest BCUT2D eigenvalue weighted by Crippen LogP contribution is -2.47. The van der Waals surface area contributed by atoms with Gasteiger partial charge in [0.1, 0.15) is 9.84 Å². The fourth-order valence-electron chi connectivity index (χ4n) is 1.49. The summed E-state index contributed by atoms with van der Waals surface area (Å²) in [5.74, 6) is -0.0911. The van der Waals surface area contributed by atoms with E-state index in [1.807, 2.05) is 7.05 Å². The summed E-state index contributed by atoms with van der Waals surface area (Å²) in [5, 5.41) is 0. The van der Waals surface area contributed by atoms with Crippen LogP contribution in [-0.4, -0.2) is 69.4 Å². The molecule has 5 nitrogen and oxygen atoms in total. The first-order valence-corrected chi connectivity index (χ1v) is 7.08. The van der Waals surface area contributed by atoms with Crippen LogP contribution >= 0.6 is 12.4 Å². The number of halogens is 1. The van der Waals surface area contributed by atoms with Gasteiger partial charge in [0.2, 0.25) is 5.91 Å². The highest BCUT2D eigenvalue weighted by Gasteiger charge is 2.19. The minimum absolute atomic E-state index is 0. The molecule has 7 heteroatoms. The fourth-order valence-corrected chi connectivity index (χ4v) is 2.03. The molecule has 0 bridgehead atoms. The number of amides is 1. The molecule has 16 heavy (non-hydrogen) atoms. The Kier molecular flexibility index (Phi) is 6.28. The van der Waals surface area contributed by atoms with E-state index in [0.29, 0.717) is 13.1 Å². The Morgan fingerprint density at radius 3 is 2.12 bits per heavy atom. The second-order valence-corrected chi connectivity index (χ2v) is 6.32. The first kappa shape index (κ1) is 15.7. The number of piperazine rings is 1. The molecule has 0 radical (unpaired) electrons. The third-order valence-corrected chi connectivity index (χ3v) is 3.49. The van der Waals surface area contributed by atoms with E-state index in [9.17, 15) is 13.2 Å². The van der Waals surface area contributed by atoms with Crippen molar-refractivity contribution in [3.8, 4) is 0 Å². The maximum atomic E-state index is 11.6. The quantitative estimate of drug-likeness (QED) is 0.701. The molecule has 1 aliphatic heterocycles. The van der Waals surface area contributed by atoms with E-state index in [1.54, 1.807) is 4.90 Å². The fraction of sp³-hybridized carbons (Fsp3) is 0.889. The third-order valence-electron chi connectivity index (χ3n) is 2.54. The highest BCUT2D eigenvalue weighted by molar-refractivity contribution is 7.90. The van der Waals surface area contributed by atoms with Gasteiger partial charge in [-0.1, -0.05) is 0 Å². The van der Waals surface area contributed by atoms with Crippen LogP contribution in [-0.2, 0) is 14.6 Å². The van der Waals surface area contributed by atoms with Gasteiger partial charge in [0.15, 0.2) is 0 Å². The standard InChI is InChI=1S/C9H18N2O3S.ClH/c1-10-4-6-11(7-5-10)9(12)3-8-15(2,13)14;/h3-8H2,1-2H3;1H. The molecular weight excluding hydrogens is 252 g/mol. The van der Waals surface area contributed by atoms with E-state index in [1.165, 1.54) is 0 Å². The van der Waals surface area contributed by atoms with E-state index < -0.39 is 9.84 Å². The number of likely N-dealkylation sites (N-methyl/N-ethyl adjacent to an activating group) is 1. The largest absolute Gasteiger partial charge is 0.340 e. The van der Waals surface area contributed by atoms with Crippen LogP contribution in [0.4, 0.5) is 0 Å². The van der Waals surface area contributed by atoms with Gasteiger partial charge in [-0.25, -0.2) is 8.42 Å². The molecule has 0 spiro atoms. The SMILES string of the molecule is CN1CCN(C(=O)CCS(C)(=O)=O)CC1.Cl. The molecule has 1 aliphatic rings. The van der Waals surface area contributed by atoms with Crippen LogP contribution < -0.4 is 0 Å². The Morgan fingerprint density at radius 1 is 1.19 bits per heavy atom. The number of rotatable bonds is 3. The van der Waals surface area contributed by atoms with Gasteiger partial charge in [0.25, 0.3) is 0 Å². The van der Waals surface area contributed by atoms with Crippen LogP contribution in [0.25, 0.3) is 0 Å². The van der Waals surface area contributed by atoms with Crippen molar-refractivity contribution in [1.29, 1.82) is 0 Å². The third kappa shape index (κ3) is 5.67. The minimum atomic E-state index is -3.03. The normalized spacial score (nSPS) is 18.0. The molecular formula is C9H19ClN2O3S. The van der Waals surface area contributed by atoms with Gasteiger partial charge in [-0.05, 0) is 7.05 Å². The maximum Gasteiger partial charge on any atom is 0.223 e. The van der Waals surface area contributed by atoms with Gasteiger partial charge in [0, 0.05) is 38.9 Å². The molecule has 96 valence electrons. The number of hydrogen-bond acceptors (Lipinski definition) is 4. The van der Waals surface area contributed by atoms with Crippen LogP contribution in [0.2, 0.25) is 0 Å². The van der Waals surface area contributed by atoms with Gasteiger partial charge in [-0.15, -0.1) is 12.4 Å². The summed E-state index contributed by atoms with van der Waals surface area (Å²) in [6.07, 6.45) is 1.27. The van der Waals surface area contributed by atoms with Crippen molar-refractivity contribution in [3.05, 3.63) is 0 Å². The topological polar surface area (TPSA) is 57.7 Å². The molecule has 1 heterocycles. The van der Waals surface area contributed by atoms with Crippen molar-refractivity contribution in [3.63, 3.8) is 0 Å². The van der Waals surface area contributed by atoms with Gasteiger partial charge in [-0.2, -0.15) is 0 Å². The van der Waals surface area contributed by atoms with Crippen molar-refractivity contribution in [2.24, 2.45) is 0 Å². The van der Waals surface area contributed by atoms with Crippen molar-refractivity contribution >= 4 is 28.2 Å². The Labute approximate surface area is 103 Å². The van der Waals surface area contributed by atoms with Gasteiger partial charge < -0.3 is 9.80 Å². The highest BCUT2D eigenvalue weighted by Crippen LogP contribution is 2.02. The zero-order chi connectivity index (χ0) is 11.5. The molecule has 0 unspecified atom stereocenters. The summed E-state index contributed by atoms with van der Waals surface area (Å²) in [6, 6.07) is 0. The highest BCUT2D eigenvalue weighted by atomic mass is 35.5. The van der Waals surface area contributed by atoms with E-state index in [-0.39, 0.29) is 30.5 Å². The summed E-state index contributed by atoms with van der Waals surface area (Å²) in [5.41, 5.74) is 0. The lowest BCUT2D eigenvalue weighted by Gasteiger charge is -2.32. The Balaban J connectivity index is 0.00000225. The van der Waals surface area contributed by atoms with Crippen LogP contribution in [0.5, 0.6) is 0 Å². The average molecular weight is 271 g/mol. The number of sulfone groups is 1. The molecule has 1 saturated heterocycles. The van der Waals surface area contributed by atoms with Gasteiger partial charge in [-0.3, -0.25) is 4.79 Å². The summed E-state index contributed by atoms with van der Waals surface area (Å²) >= 11 is 0. The summed E-state index contributed by atoms with van der Waals surface area (Å²) < 4.78 is 21.8. The molecule has 0 atom stereocenters. The Hall–Kier alpha value is -0.330. The van der Waals surface area contributed by atoms with Crippen LogP contribution in [0.3, 0.4) is 0 Å². The molecule has 0 aromatic heterocycles. The second kappa shape index (κ2) is 6.42. The summed E-state index contributed by atoms with van der Waals surface area (Å²) in [7, 11) is -1.01. The average Bonchev–Trinajstić information content (AvgIpc) is 2.14. The summed E-state index contributed by atoms with van der Waals surface area (Å²) in [4.78, 5) is 15.5. The van der Waals surface area contributed by atoms with Crippen molar-refractivity contribution in [1.82, 2.24) is 9.80 Å². The predicted molar refractivity (Wildman–Crippen MR) is 65.7 cm³/mol. The van der Waals surface area contributed by atoms with Crippen LogP contribution in [0.15, 0.2) is 0 Å². The number of nitrogens with zero attached hydrogens (tertiary/aromatic N) is 2. The van der Waals surface area contributed by atoms with Gasteiger partial charge in [0.05, 0.1) is 5.75 Å².